The summed E-state index contributed by atoms with van der Waals surface area (Å²) in [7, 11) is 0. The number of hydrogen-bond donors (Lipinski definition) is 0. The van der Waals surface area contributed by atoms with Gasteiger partial charge in [0.15, 0.2) is 0 Å². The van der Waals surface area contributed by atoms with Gasteiger partial charge in [-0.1, -0.05) is 0 Å². The molecule has 0 N–H and O–H groups in total. The van der Waals surface area contributed by atoms with Gasteiger partial charge in [-0.2, -0.15) is 0 Å². The van der Waals surface area contributed by atoms with Crippen molar-refractivity contribution in [3.63, 3.8) is 0 Å². The fourth-order valence-electron chi connectivity index (χ4n) is 0. The molecule has 0 aliphatic heterocycles. The third-order valence-corrected chi connectivity index (χ3v) is 0. The van der Waals surface area contributed by atoms with Crippen LogP contribution in [0, 0.1) is 0 Å². The van der Waals surface area contributed by atoms with Crippen molar-refractivity contribution in [3.05, 3.63) is 0 Å². The topological polar surface area (TPSA) is 0 Å². The van der Waals surface area contributed by atoms with E-state index in [2.05, 4.69) is 0 Å². The predicted octanol–water partition coefficient (Wildman–Crippen LogP) is -1.15. The van der Waals surface area contributed by atoms with Gasteiger partial charge in [0.05, 0.1) is 0 Å². The minimum atomic E-state index is 0. The minimum Gasteiger partial charge on any atom is 0 e. The maximum Gasteiger partial charge on any atom is 0 e. The van der Waals surface area contributed by atoms with Crippen LogP contribution in [0.4, 0.5) is 0 Å². The second kappa shape index (κ2) is 32.4. The molecule has 0 bridgehead atoms. The van der Waals surface area contributed by atoms with Crippen LogP contribution in [-0.4, -0.2) is 79.6 Å². The van der Waals surface area contributed by atoms with Gasteiger partial charge in [0, 0.05) is 154 Å². The Balaban J connectivity index is 0. The van der Waals surface area contributed by atoms with Gasteiger partial charge in [-0.05, 0) is 0 Å². The van der Waals surface area contributed by atoms with E-state index in [0.29, 0.717) is 0 Å². The predicted molar refractivity (Wildman–Crippen MR) is 17.3 cm³/mol. The Kier molecular flexibility index (Phi) is 238. The van der Waals surface area contributed by atoms with Crippen LogP contribution in [0.1, 0.15) is 0 Å². The van der Waals surface area contributed by atoms with Crippen LogP contribution in [0.2, 0.25) is 0 Å². The van der Waals surface area contributed by atoms with Gasteiger partial charge in [0.2, 0.25) is 0 Å². The Morgan fingerprint density at radius 3 is 0.667 bits per heavy atom. The van der Waals surface area contributed by atoms with Crippen molar-refractivity contribution in [2.45, 2.75) is 0 Å². The fourth-order valence-corrected chi connectivity index (χ4v) is 0. The summed E-state index contributed by atoms with van der Waals surface area (Å²) in [5, 5.41) is 0. The normalized spacial score (nSPS) is 0. The molecular formula is Cd2Se2SrZn. The summed E-state index contributed by atoms with van der Waals surface area (Å²) in [5.41, 5.74) is 0. The molecular weight excluding hydrogens is 536 g/mol. The SMILES string of the molecule is [Cd].[Cd].[Se].[Se].[Sr].[Zn]. The van der Waals surface area contributed by atoms with Crippen molar-refractivity contribution in [1.29, 1.82) is 0 Å². The first-order valence-corrected chi connectivity index (χ1v) is 0. The van der Waals surface area contributed by atoms with Gasteiger partial charge >= 0.3 is 0 Å². The van der Waals surface area contributed by atoms with Crippen LogP contribution in [0.15, 0.2) is 0 Å². The monoisotopic (exact) mass is 539 g/mol. The molecule has 0 aromatic carbocycles. The van der Waals surface area contributed by atoms with Crippen molar-refractivity contribution in [3.8, 4) is 0 Å². The molecule has 6 heteroatoms. The Bertz CT molecular complexity index is 11.5. The van der Waals surface area contributed by atoms with E-state index in [1.807, 2.05) is 0 Å². The average molecular weight is 536 g/mol. The van der Waals surface area contributed by atoms with Gasteiger partial charge in [-0.25, -0.2) is 0 Å². The molecule has 0 saturated carbocycles. The average Bonchev–Trinajstić information content (AvgIpc) is 0. The third-order valence-electron chi connectivity index (χ3n) is 0. The summed E-state index contributed by atoms with van der Waals surface area (Å²) in [4.78, 5) is 0. The van der Waals surface area contributed by atoms with E-state index >= 15 is 0 Å². The molecule has 0 aliphatic rings. The van der Waals surface area contributed by atoms with E-state index in [9.17, 15) is 0 Å². The van der Waals surface area contributed by atoms with E-state index in [1.54, 1.807) is 0 Å². The summed E-state index contributed by atoms with van der Waals surface area (Å²) in [6.45, 7) is 0. The molecule has 0 aliphatic carbocycles. The molecule has 0 nitrogen and oxygen atoms in total. The zero-order valence-electron chi connectivity index (χ0n) is 3.64. The molecule has 0 aromatic heterocycles. The Morgan fingerprint density at radius 2 is 0.667 bits per heavy atom. The first-order chi connectivity index (χ1) is 0. The molecule has 20 valence electrons. The van der Waals surface area contributed by atoms with Crippen molar-refractivity contribution >= 4 is 79.6 Å². The zero-order valence-corrected chi connectivity index (χ0v) is 21.6. The molecule has 6 radical (unpaired) electrons. The van der Waals surface area contributed by atoms with E-state index in [4.69, 9.17) is 0 Å². The molecule has 0 amide bonds. The summed E-state index contributed by atoms with van der Waals surface area (Å²) in [6.07, 6.45) is 0. The standard InChI is InChI=1S/2Cd.2Se.Sr.Zn. The van der Waals surface area contributed by atoms with Gasteiger partial charge < -0.3 is 0 Å². The van der Waals surface area contributed by atoms with Crippen LogP contribution in [0.5, 0.6) is 0 Å². The van der Waals surface area contributed by atoms with Crippen molar-refractivity contribution in [2.75, 3.05) is 0 Å². The molecule has 6 heavy (non-hydrogen) atoms. The number of hydrogen-bond acceptors (Lipinski definition) is 0. The molecule has 0 saturated heterocycles. The maximum absolute atomic E-state index is 0. The maximum atomic E-state index is 0. The summed E-state index contributed by atoms with van der Waals surface area (Å²) >= 11 is 0. The number of rotatable bonds is 0. The third kappa shape index (κ3) is 23.1. The van der Waals surface area contributed by atoms with E-state index < -0.39 is 0 Å². The van der Waals surface area contributed by atoms with Crippen LogP contribution in [-0.2, 0) is 74.1 Å². The molecule has 0 aromatic rings. The second-order valence-electron chi connectivity index (χ2n) is 0. The van der Waals surface area contributed by atoms with Gasteiger partial charge in [0.25, 0.3) is 0 Å². The molecule has 0 fully saturated rings. The first-order valence-electron chi connectivity index (χ1n) is 0. The second-order valence-corrected chi connectivity index (χ2v) is 0. The van der Waals surface area contributed by atoms with E-state index in [-0.39, 0.29) is 154 Å². The van der Waals surface area contributed by atoms with Gasteiger partial charge in [0.1, 0.15) is 0 Å². The zero-order chi connectivity index (χ0) is 0. The summed E-state index contributed by atoms with van der Waals surface area (Å²) in [6, 6.07) is 0. The van der Waals surface area contributed by atoms with Crippen molar-refractivity contribution < 1.29 is 74.1 Å². The molecule has 0 rings (SSSR count). The van der Waals surface area contributed by atoms with Crippen molar-refractivity contribution in [2.24, 2.45) is 0 Å². The summed E-state index contributed by atoms with van der Waals surface area (Å²) in [5.74, 6) is 0. The molecule has 0 spiro atoms. The first kappa shape index (κ1) is 44.1. The van der Waals surface area contributed by atoms with Crippen LogP contribution in [0.25, 0.3) is 0 Å². The van der Waals surface area contributed by atoms with Gasteiger partial charge in [-0.3, -0.25) is 0 Å². The van der Waals surface area contributed by atoms with Crippen LogP contribution >= 0.6 is 0 Å². The Hall–Kier alpha value is 4.99. The molecule has 0 unspecified atom stereocenters. The van der Waals surface area contributed by atoms with Crippen LogP contribution in [0.3, 0.4) is 0 Å². The van der Waals surface area contributed by atoms with Gasteiger partial charge in [-0.15, -0.1) is 0 Å². The van der Waals surface area contributed by atoms with E-state index in [0.717, 1.165) is 0 Å². The van der Waals surface area contributed by atoms with Crippen LogP contribution < -0.4 is 0 Å². The molecule has 0 atom stereocenters. The van der Waals surface area contributed by atoms with Crippen molar-refractivity contribution in [1.82, 2.24) is 0 Å². The largest absolute Gasteiger partial charge is 0 e. The Morgan fingerprint density at radius 1 is 0.667 bits per heavy atom. The summed E-state index contributed by atoms with van der Waals surface area (Å²) < 4.78 is 0. The molecule has 0 heterocycles. The quantitative estimate of drug-likeness (QED) is 0.344. The Labute approximate surface area is 149 Å². The van der Waals surface area contributed by atoms with E-state index in [1.165, 1.54) is 0 Å². The smallest absolute Gasteiger partial charge is 0 e. The fraction of sp³-hybridized carbons (Fsp3) is 0. The minimum absolute atomic E-state index is 0.